The third kappa shape index (κ3) is 3.81. The Hall–Kier alpha value is -3.02. The Kier molecular flexibility index (Phi) is 5.58. The number of nitrogens with zero attached hydrogens (tertiary/aromatic N) is 1. The third-order valence-corrected chi connectivity index (χ3v) is 5.32. The van der Waals surface area contributed by atoms with Gasteiger partial charge >= 0.3 is 5.91 Å². The lowest BCUT2D eigenvalue weighted by molar-refractivity contribution is -0.607. The molecule has 6 nitrogen and oxygen atoms in total. The fraction of sp³-hybridized carbons (Fsp3) is 0.364. The topological polar surface area (TPSA) is 90.2 Å². The Labute approximate surface area is 164 Å². The number of amides is 1. The van der Waals surface area contributed by atoms with Crippen LogP contribution in [0.15, 0.2) is 36.5 Å². The molecular weight excluding hydrogens is 356 g/mol. The van der Waals surface area contributed by atoms with E-state index in [1.54, 1.807) is 12.1 Å². The fourth-order valence-corrected chi connectivity index (χ4v) is 4.10. The van der Waals surface area contributed by atoms with Crippen LogP contribution in [0.25, 0.3) is 0 Å². The molecule has 2 atom stereocenters. The fourth-order valence-electron chi connectivity index (χ4n) is 4.10. The molecule has 1 aromatic heterocycles. The van der Waals surface area contributed by atoms with Gasteiger partial charge in [-0.2, -0.15) is 4.73 Å². The molecular formula is C22H24N2O4. The maximum Gasteiger partial charge on any atom is 0.317 e. The quantitative estimate of drug-likeness (QED) is 0.490. The largest absolute Gasteiger partial charge is 0.618 e. The van der Waals surface area contributed by atoms with E-state index in [4.69, 9.17) is 0 Å². The van der Waals surface area contributed by atoms with Gasteiger partial charge in [-0.1, -0.05) is 17.7 Å². The van der Waals surface area contributed by atoms with Gasteiger partial charge in [0.1, 0.15) is 11.7 Å². The van der Waals surface area contributed by atoms with E-state index in [2.05, 4.69) is 5.32 Å². The van der Waals surface area contributed by atoms with Crippen molar-refractivity contribution in [2.75, 3.05) is 6.54 Å². The molecule has 1 heterocycles. The molecule has 0 bridgehead atoms. The van der Waals surface area contributed by atoms with Gasteiger partial charge < -0.3 is 10.5 Å². The van der Waals surface area contributed by atoms with Crippen LogP contribution in [0.2, 0.25) is 0 Å². The number of pyridine rings is 1. The summed E-state index contributed by atoms with van der Waals surface area (Å²) in [7, 11) is 0. The van der Waals surface area contributed by atoms with Crippen LogP contribution in [-0.4, -0.2) is 24.0 Å². The number of rotatable bonds is 5. The molecule has 1 fully saturated rings. The van der Waals surface area contributed by atoms with Crippen molar-refractivity contribution in [3.8, 4) is 0 Å². The average Bonchev–Trinajstić information content (AvgIpc) is 2.89. The maximum atomic E-state index is 12.9. The van der Waals surface area contributed by atoms with Crippen molar-refractivity contribution in [2.24, 2.45) is 5.92 Å². The van der Waals surface area contributed by atoms with E-state index in [-0.39, 0.29) is 30.2 Å². The first-order chi connectivity index (χ1) is 13.3. The lowest BCUT2D eigenvalue weighted by atomic mass is 9.86. The predicted octanol–water partition coefficient (Wildman–Crippen LogP) is 2.31. The molecule has 1 amide bonds. The first-order valence-electron chi connectivity index (χ1n) is 9.40. The molecule has 28 heavy (non-hydrogen) atoms. The molecule has 0 saturated heterocycles. The molecule has 1 N–H and O–H groups in total. The standard InChI is InChI=1S/C22H24N2O4/c1-13-10-14(2)19(15(3)11-13)20-18(25)12-16(21(20)26)7-8-23-22(27)17-6-4-5-9-24(17)28/h4-6,9-11,16,20H,7-8,12H2,1-3H3,(H,23,27). The van der Waals surface area contributed by atoms with Crippen molar-refractivity contribution < 1.29 is 19.1 Å². The second-order valence-corrected chi connectivity index (χ2v) is 7.47. The van der Waals surface area contributed by atoms with Gasteiger partial charge in [-0.15, -0.1) is 0 Å². The van der Waals surface area contributed by atoms with Gasteiger partial charge in [-0.3, -0.25) is 14.4 Å². The van der Waals surface area contributed by atoms with Crippen molar-refractivity contribution in [1.82, 2.24) is 5.32 Å². The Balaban J connectivity index is 1.66. The first kappa shape index (κ1) is 19.7. The summed E-state index contributed by atoms with van der Waals surface area (Å²) in [5.41, 5.74) is 3.85. The summed E-state index contributed by atoms with van der Waals surface area (Å²) in [6.45, 7) is 6.09. The zero-order valence-corrected chi connectivity index (χ0v) is 16.3. The minimum absolute atomic E-state index is 0.0000985. The first-order valence-corrected chi connectivity index (χ1v) is 9.40. The van der Waals surface area contributed by atoms with Gasteiger partial charge in [-0.25, -0.2) is 0 Å². The number of hydrogen-bond donors (Lipinski definition) is 1. The molecule has 1 aliphatic rings. The Morgan fingerprint density at radius 3 is 2.50 bits per heavy atom. The van der Waals surface area contributed by atoms with Crippen LogP contribution < -0.4 is 10.0 Å². The van der Waals surface area contributed by atoms with Crippen molar-refractivity contribution >= 4 is 17.5 Å². The van der Waals surface area contributed by atoms with Gasteiger partial charge in [0.2, 0.25) is 0 Å². The van der Waals surface area contributed by atoms with Gasteiger partial charge in [0.05, 0.1) is 0 Å². The number of hydrogen-bond acceptors (Lipinski definition) is 4. The molecule has 3 rings (SSSR count). The van der Waals surface area contributed by atoms with E-state index in [1.165, 1.54) is 12.3 Å². The van der Waals surface area contributed by atoms with Crippen LogP contribution in [0.5, 0.6) is 0 Å². The number of carbonyl (C=O) groups is 3. The number of benzene rings is 1. The van der Waals surface area contributed by atoms with E-state index in [0.29, 0.717) is 11.2 Å². The van der Waals surface area contributed by atoms with Gasteiger partial charge in [0.25, 0.3) is 5.69 Å². The van der Waals surface area contributed by atoms with Gasteiger partial charge in [0, 0.05) is 31.0 Å². The number of carbonyl (C=O) groups excluding carboxylic acids is 3. The molecule has 1 aliphatic carbocycles. The molecule has 0 aliphatic heterocycles. The van der Waals surface area contributed by atoms with Crippen LogP contribution >= 0.6 is 0 Å². The number of aryl methyl sites for hydroxylation is 3. The predicted molar refractivity (Wildman–Crippen MR) is 104 cm³/mol. The van der Waals surface area contributed by atoms with Gasteiger partial charge in [-0.05, 0) is 49.9 Å². The van der Waals surface area contributed by atoms with E-state index >= 15 is 0 Å². The summed E-state index contributed by atoms with van der Waals surface area (Å²) in [6, 6.07) is 8.58. The second-order valence-electron chi connectivity index (χ2n) is 7.47. The summed E-state index contributed by atoms with van der Waals surface area (Å²) in [5, 5.41) is 14.3. The molecule has 0 radical (unpaired) electrons. The van der Waals surface area contributed by atoms with E-state index in [0.717, 1.165) is 22.3 Å². The highest BCUT2D eigenvalue weighted by molar-refractivity contribution is 6.15. The van der Waals surface area contributed by atoms with Crippen molar-refractivity contribution in [3.05, 3.63) is 69.7 Å². The number of nitrogens with one attached hydrogen (secondary N) is 1. The molecule has 1 aromatic carbocycles. The zero-order valence-electron chi connectivity index (χ0n) is 16.3. The van der Waals surface area contributed by atoms with Gasteiger partial charge in [0.15, 0.2) is 12.0 Å². The highest BCUT2D eigenvalue weighted by Crippen LogP contribution is 2.37. The lowest BCUT2D eigenvalue weighted by Gasteiger charge is -2.16. The van der Waals surface area contributed by atoms with Crippen molar-refractivity contribution in [1.29, 1.82) is 0 Å². The summed E-state index contributed by atoms with van der Waals surface area (Å²) in [5.74, 6) is -1.74. The zero-order chi connectivity index (χ0) is 20.4. The third-order valence-electron chi connectivity index (χ3n) is 5.32. The molecule has 146 valence electrons. The van der Waals surface area contributed by atoms with Crippen molar-refractivity contribution in [3.63, 3.8) is 0 Å². The number of ketones is 2. The number of Topliss-reactive ketones (excluding diaryl/α,β-unsaturated/α-hetero) is 2. The summed E-state index contributed by atoms with van der Waals surface area (Å²) in [6.07, 6.45) is 1.83. The van der Waals surface area contributed by atoms with Crippen LogP contribution in [0.3, 0.4) is 0 Å². The summed E-state index contributed by atoms with van der Waals surface area (Å²) in [4.78, 5) is 37.6. The van der Waals surface area contributed by atoms with Crippen LogP contribution in [-0.2, 0) is 9.59 Å². The summed E-state index contributed by atoms with van der Waals surface area (Å²) >= 11 is 0. The Morgan fingerprint density at radius 2 is 1.86 bits per heavy atom. The minimum Gasteiger partial charge on any atom is -0.618 e. The second kappa shape index (κ2) is 7.92. The Bertz CT molecular complexity index is 928. The van der Waals surface area contributed by atoms with E-state index < -0.39 is 17.7 Å². The smallest absolute Gasteiger partial charge is 0.317 e. The SMILES string of the molecule is Cc1cc(C)c(C2C(=O)CC(CCNC(=O)c3cccc[n+]3[O-])C2=O)c(C)c1. The van der Waals surface area contributed by atoms with E-state index in [1.807, 2.05) is 32.9 Å². The lowest BCUT2D eigenvalue weighted by Crippen LogP contribution is -2.39. The highest BCUT2D eigenvalue weighted by atomic mass is 16.5. The molecule has 2 aromatic rings. The normalized spacial score (nSPS) is 19.1. The van der Waals surface area contributed by atoms with Crippen LogP contribution in [0.1, 0.15) is 51.5 Å². The average molecular weight is 380 g/mol. The van der Waals surface area contributed by atoms with Crippen LogP contribution in [0.4, 0.5) is 0 Å². The molecule has 1 saturated carbocycles. The monoisotopic (exact) mass is 380 g/mol. The van der Waals surface area contributed by atoms with Crippen LogP contribution in [0, 0.1) is 31.9 Å². The molecule has 6 heteroatoms. The van der Waals surface area contributed by atoms with E-state index in [9.17, 15) is 19.6 Å². The maximum absolute atomic E-state index is 12.9. The van der Waals surface area contributed by atoms with Crippen molar-refractivity contribution in [2.45, 2.75) is 39.5 Å². The molecule has 0 spiro atoms. The minimum atomic E-state index is -0.709. The highest BCUT2D eigenvalue weighted by Gasteiger charge is 2.42. The molecule has 2 unspecified atom stereocenters. The Morgan fingerprint density at radius 1 is 1.18 bits per heavy atom. The summed E-state index contributed by atoms with van der Waals surface area (Å²) < 4.78 is 0.499. The number of aromatic nitrogens is 1.